The summed E-state index contributed by atoms with van der Waals surface area (Å²) in [6.07, 6.45) is 3.82. The van der Waals surface area contributed by atoms with Crippen molar-refractivity contribution in [1.82, 2.24) is 0 Å². The van der Waals surface area contributed by atoms with Crippen molar-refractivity contribution < 1.29 is 29.0 Å². The zero-order valence-corrected chi connectivity index (χ0v) is 30.8. The highest BCUT2D eigenvalue weighted by Gasteiger charge is 2.25. The molecule has 0 radical (unpaired) electrons. The van der Waals surface area contributed by atoms with Crippen molar-refractivity contribution in [1.29, 1.82) is 0 Å². The highest BCUT2D eigenvalue weighted by atomic mass is 16.5. The molecule has 0 aliphatic heterocycles. The highest BCUT2D eigenvalue weighted by Crippen LogP contribution is 2.21. The maximum absolute atomic E-state index is 11.9. The summed E-state index contributed by atoms with van der Waals surface area (Å²) in [6.45, 7) is 20.2. The molecule has 1 N–H and O–H groups in total. The Labute approximate surface area is 343 Å². The molecule has 0 aliphatic rings. The summed E-state index contributed by atoms with van der Waals surface area (Å²) in [5.74, 6) is 0.0974. The molecule has 2 atom stereocenters. The molecular weight excluding hydrogens is 685 g/mol. The molecule has 0 fully saturated rings. The van der Waals surface area contributed by atoms with Crippen LogP contribution in [0.15, 0.2) is 84.9 Å². The quantitative estimate of drug-likeness (QED) is 0.195. The first kappa shape index (κ1) is 72.3. The van der Waals surface area contributed by atoms with Gasteiger partial charge in [-0.2, -0.15) is 0 Å². The van der Waals surface area contributed by atoms with E-state index in [2.05, 4.69) is 62.8 Å². The van der Waals surface area contributed by atoms with Crippen molar-refractivity contribution in [3.8, 4) is 0 Å². The zero-order chi connectivity index (χ0) is 36.0. The Kier molecular flexibility index (Phi) is 50.4. The van der Waals surface area contributed by atoms with Crippen molar-refractivity contribution in [3.63, 3.8) is 0 Å². The van der Waals surface area contributed by atoms with E-state index in [1.807, 2.05) is 82.3 Å². The van der Waals surface area contributed by atoms with Crippen LogP contribution in [-0.2, 0) is 25.7 Å². The number of ether oxygens (including phenoxy) is 2. The van der Waals surface area contributed by atoms with Gasteiger partial charge in [0.1, 0.15) is 6.61 Å². The smallest absolute Gasteiger partial charge is 0.338 e. The summed E-state index contributed by atoms with van der Waals surface area (Å²) in [5.41, 5.74) is 3.46. The summed E-state index contributed by atoms with van der Waals surface area (Å²) < 4.78 is 9.87. The standard InChI is InChI=1S/C18H20O2.C10H14.C7H14O2.C6H12O2.8CH4/c1-3-14(2)16-9-11-17(12-10-16)18(19)20-13-15-7-5-4-6-8-15;1-3-9(2)10-7-5-4-6-8-10;1-5-7(2,3)6(8)9-4;1-4-6(2,3)5(7)8;;;;;;;;/h4-12,14H,3,13H2,1-2H3;4-9H,3H2,1-2H3;5H2,1-4H3;4H2,1-3H3,(H,7,8);8*1H4. The Hall–Kier alpha value is -3.93. The molecule has 0 amide bonds. The molecule has 0 spiro atoms. The Morgan fingerprint density at radius 1 is 0.582 bits per heavy atom. The van der Waals surface area contributed by atoms with Gasteiger partial charge in [-0.25, -0.2) is 4.79 Å². The molecule has 3 aromatic carbocycles. The Morgan fingerprint density at radius 3 is 1.24 bits per heavy atom. The third kappa shape index (κ3) is 29.1. The molecule has 6 nitrogen and oxygen atoms in total. The normalized spacial score (nSPS) is 10.2. The SMILES string of the molecule is C.C.C.C.C.C.C.C.CCC(C)(C)C(=O)O.CCC(C)(C)C(=O)OC.CCC(C)c1ccc(C(=O)OCc2ccccc2)cc1.CCC(C)c1ccccc1. The lowest BCUT2D eigenvalue weighted by Gasteiger charge is -2.17. The van der Waals surface area contributed by atoms with E-state index in [9.17, 15) is 14.4 Å². The Balaban J connectivity index is -0.0000000752. The first-order chi connectivity index (χ1) is 22.1. The number of rotatable bonds is 11. The second kappa shape index (κ2) is 38.3. The van der Waals surface area contributed by atoms with Crippen LogP contribution >= 0.6 is 0 Å². The van der Waals surface area contributed by atoms with Crippen LogP contribution < -0.4 is 0 Å². The number of carboxylic acids is 1. The number of carboxylic acid groups (broad SMARTS) is 1. The summed E-state index contributed by atoms with van der Waals surface area (Å²) in [4.78, 5) is 33.0. The fraction of sp³-hybridized carbons (Fsp3) is 0.571. The largest absolute Gasteiger partial charge is 0.481 e. The lowest BCUT2D eigenvalue weighted by Crippen LogP contribution is -2.24. The minimum absolute atomic E-state index is 0. The highest BCUT2D eigenvalue weighted by molar-refractivity contribution is 5.89. The van der Waals surface area contributed by atoms with Crippen molar-refractivity contribution in [2.75, 3.05) is 7.11 Å². The number of carbonyl (C=O) groups excluding carboxylic acids is 2. The number of hydrogen-bond donors (Lipinski definition) is 1. The molecule has 2 unspecified atom stereocenters. The predicted molar refractivity (Wildman–Crippen MR) is 248 cm³/mol. The number of benzene rings is 3. The number of hydrogen-bond acceptors (Lipinski definition) is 5. The maximum Gasteiger partial charge on any atom is 0.338 e. The topological polar surface area (TPSA) is 89.9 Å². The van der Waals surface area contributed by atoms with Gasteiger partial charge in [-0.1, -0.05) is 174 Å². The van der Waals surface area contributed by atoms with Crippen molar-refractivity contribution >= 4 is 17.9 Å². The van der Waals surface area contributed by atoms with Gasteiger partial charge in [-0.05, 0) is 94.0 Å². The molecule has 0 aromatic heterocycles. The predicted octanol–water partition coefficient (Wildman–Crippen LogP) is 15.9. The molecular formula is C49H92O6. The fourth-order valence-electron chi connectivity index (χ4n) is 3.58. The van der Waals surface area contributed by atoms with E-state index in [1.165, 1.54) is 24.7 Å². The van der Waals surface area contributed by atoms with E-state index in [4.69, 9.17) is 9.84 Å². The number of esters is 2. The van der Waals surface area contributed by atoms with Crippen LogP contribution in [0.4, 0.5) is 0 Å². The number of carbonyl (C=O) groups is 3. The van der Waals surface area contributed by atoms with Gasteiger partial charge < -0.3 is 14.6 Å². The maximum atomic E-state index is 11.9. The van der Waals surface area contributed by atoms with Gasteiger partial charge in [0, 0.05) is 0 Å². The van der Waals surface area contributed by atoms with E-state index in [1.54, 1.807) is 13.8 Å². The molecule has 0 aliphatic carbocycles. The van der Waals surface area contributed by atoms with Crippen LogP contribution in [0, 0.1) is 10.8 Å². The van der Waals surface area contributed by atoms with Gasteiger partial charge in [0.25, 0.3) is 0 Å². The van der Waals surface area contributed by atoms with Crippen LogP contribution in [0.2, 0.25) is 0 Å². The van der Waals surface area contributed by atoms with Gasteiger partial charge in [0.05, 0.1) is 23.5 Å². The van der Waals surface area contributed by atoms with E-state index >= 15 is 0 Å². The molecule has 3 rings (SSSR count). The van der Waals surface area contributed by atoms with Crippen LogP contribution in [0.5, 0.6) is 0 Å². The minimum atomic E-state index is -0.722. The van der Waals surface area contributed by atoms with E-state index in [0.29, 0.717) is 30.4 Å². The fourth-order valence-corrected chi connectivity index (χ4v) is 3.58. The van der Waals surface area contributed by atoms with Crippen molar-refractivity contribution in [3.05, 3.63) is 107 Å². The first-order valence-corrected chi connectivity index (χ1v) is 16.8. The average molecular weight is 777 g/mol. The van der Waals surface area contributed by atoms with E-state index < -0.39 is 11.4 Å². The average Bonchev–Trinajstić information content (AvgIpc) is 3.11. The van der Waals surface area contributed by atoms with Gasteiger partial charge >= 0.3 is 17.9 Å². The lowest BCUT2D eigenvalue weighted by molar-refractivity contribution is -0.151. The van der Waals surface area contributed by atoms with E-state index in [-0.39, 0.29) is 76.8 Å². The molecule has 0 saturated carbocycles. The summed E-state index contributed by atoms with van der Waals surface area (Å²) in [5, 5.41) is 8.44. The molecule has 55 heavy (non-hydrogen) atoms. The number of methoxy groups -OCH3 is 1. The molecule has 0 saturated heterocycles. The van der Waals surface area contributed by atoms with Crippen molar-refractivity contribution in [2.45, 2.75) is 173 Å². The van der Waals surface area contributed by atoms with Gasteiger partial charge in [-0.3, -0.25) is 9.59 Å². The van der Waals surface area contributed by atoms with Crippen LogP contribution in [0.25, 0.3) is 0 Å². The number of aliphatic carboxylic acids is 1. The van der Waals surface area contributed by atoms with Gasteiger partial charge in [0.2, 0.25) is 0 Å². The van der Waals surface area contributed by atoms with E-state index in [0.717, 1.165) is 18.4 Å². The summed E-state index contributed by atoms with van der Waals surface area (Å²) in [6, 6.07) is 28.0. The Morgan fingerprint density at radius 2 is 0.945 bits per heavy atom. The molecule has 6 heteroatoms. The second-order valence-corrected chi connectivity index (χ2v) is 13.0. The van der Waals surface area contributed by atoms with Crippen molar-refractivity contribution in [2.24, 2.45) is 10.8 Å². The van der Waals surface area contributed by atoms with Gasteiger partial charge in [-0.15, -0.1) is 0 Å². The molecule has 0 heterocycles. The van der Waals surface area contributed by atoms with Gasteiger partial charge in [0.15, 0.2) is 0 Å². The van der Waals surface area contributed by atoms with Crippen LogP contribution in [0.1, 0.15) is 193 Å². The summed E-state index contributed by atoms with van der Waals surface area (Å²) in [7, 11) is 1.42. The third-order valence-electron chi connectivity index (χ3n) is 8.61. The van der Waals surface area contributed by atoms with Crippen LogP contribution in [-0.4, -0.2) is 30.1 Å². The minimum Gasteiger partial charge on any atom is -0.481 e. The monoisotopic (exact) mass is 777 g/mol. The molecule has 324 valence electrons. The molecule has 0 bridgehead atoms. The molecule has 3 aromatic rings. The first-order valence-electron chi connectivity index (χ1n) is 16.8. The zero-order valence-electron chi connectivity index (χ0n) is 30.8. The Bertz CT molecular complexity index is 1280. The third-order valence-corrected chi connectivity index (χ3v) is 8.61. The lowest BCUT2D eigenvalue weighted by atomic mass is 9.91. The van der Waals surface area contributed by atoms with Crippen LogP contribution in [0.3, 0.4) is 0 Å². The second-order valence-electron chi connectivity index (χ2n) is 13.0. The summed E-state index contributed by atoms with van der Waals surface area (Å²) >= 11 is 0.